The van der Waals surface area contributed by atoms with E-state index in [0.717, 1.165) is 19.3 Å². The second-order valence-corrected chi connectivity index (χ2v) is 6.58. The lowest BCUT2D eigenvalue weighted by atomic mass is 10.0. The van der Waals surface area contributed by atoms with Crippen LogP contribution in [0.25, 0.3) is 0 Å². The van der Waals surface area contributed by atoms with E-state index in [4.69, 9.17) is 16.7 Å². The maximum Gasteiger partial charge on any atom is 0.0675 e. The highest BCUT2D eigenvalue weighted by Crippen LogP contribution is 2.13. The van der Waals surface area contributed by atoms with Crippen LogP contribution in [0.15, 0.2) is 0 Å². The van der Waals surface area contributed by atoms with Crippen molar-refractivity contribution in [3.8, 4) is 0 Å². The lowest BCUT2D eigenvalue weighted by Crippen LogP contribution is -2.07. The largest absolute Gasteiger partial charge is 0.396 e. The Morgan fingerprint density at radius 1 is 0.571 bits per heavy atom. The predicted molar refractivity (Wildman–Crippen MR) is 93.1 cm³/mol. The van der Waals surface area contributed by atoms with Crippen molar-refractivity contribution in [2.24, 2.45) is 0 Å². The normalized spacial score (nSPS) is 12.7. The zero-order valence-corrected chi connectivity index (χ0v) is 14.6. The molecular weight excluding hydrogens is 284 g/mol. The lowest BCUT2D eigenvalue weighted by molar-refractivity contribution is 0.183. The van der Waals surface area contributed by atoms with E-state index < -0.39 is 0 Å². The van der Waals surface area contributed by atoms with E-state index in [9.17, 15) is 5.11 Å². The van der Waals surface area contributed by atoms with Gasteiger partial charge in [0, 0.05) is 12.5 Å². The van der Waals surface area contributed by atoms with Crippen molar-refractivity contribution in [2.45, 2.75) is 102 Å². The van der Waals surface area contributed by atoms with Crippen LogP contribution in [0.2, 0.25) is 0 Å². The highest BCUT2D eigenvalue weighted by molar-refractivity contribution is 6.18. The van der Waals surface area contributed by atoms with Crippen molar-refractivity contribution in [2.75, 3.05) is 12.5 Å². The van der Waals surface area contributed by atoms with Crippen LogP contribution in [-0.4, -0.2) is 28.8 Å². The minimum absolute atomic E-state index is 0.296. The van der Waals surface area contributed by atoms with E-state index in [-0.39, 0.29) is 6.10 Å². The van der Waals surface area contributed by atoms with Gasteiger partial charge in [-0.3, -0.25) is 0 Å². The number of aliphatic hydroxyl groups is 2. The fourth-order valence-electron chi connectivity index (χ4n) is 2.69. The van der Waals surface area contributed by atoms with Gasteiger partial charge in [-0.25, -0.2) is 0 Å². The van der Waals surface area contributed by atoms with Crippen LogP contribution in [0.4, 0.5) is 0 Å². The summed E-state index contributed by atoms with van der Waals surface area (Å²) in [5, 5.41) is 18.0. The van der Waals surface area contributed by atoms with Gasteiger partial charge in [-0.2, -0.15) is 0 Å². The first kappa shape index (κ1) is 21.2. The molecule has 0 rings (SSSR count). The number of alkyl halides is 1. The molecule has 0 aliphatic heterocycles. The third kappa shape index (κ3) is 18.2. The summed E-state index contributed by atoms with van der Waals surface area (Å²) in [4.78, 5) is 0. The van der Waals surface area contributed by atoms with E-state index in [2.05, 4.69) is 0 Å². The molecule has 1 atom stereocenters. The molecule has 0 saturated carbocycles. The van der Waals surface area contributed by atoms with Crippen LogP contribution in [0.3, 0.4) is 0 Å². The third-order valence-corrected chi connectivity index (χ3v) is 4.48. The van der Waals surface area contributed by atoms with Crippen LogP contribution in [-0.2, 0) is 0 Å². The number of hydrogen-bond donors (Lipinski definition) is 2. The molecule has 0 saturated heterocycles. The average molecular weight is 321 g/mol. The minimum atomic E-state index is -0.296. The second-order valence-electron chi connectivity index (χ2n) is 6.27. The fraction of sp³-hybridized carbons (Fsp3) is 1.00. The molecule has 0 amide bonds. The molecule has 21 heavy (non-hydrogen) atoms. The van der Waals surface area contributed by atoms with Crippen molar-refractivity contribution < 1.29 is 10.2 Å². The molecule has 0 aromatic carbocycles. The molecule has 3 heteroatoms. The maximum atomic E-state index is 9.32. The molecule has 0 aliphatic carbocycles. The summed E-state index contributed by atoms with van der Waals surface area (Å²) in [5.41, 5.74) is 0. The smallest absolute Gasteiger partial charge is 0.0675 e. The Kier molecular flexibility index (Phi) is 18.4. The van der Waals surface area contributed by atoms with Gasteiger partial charge in [-0.15, -0.1) is 11.6 Å². The summed E-state index contributed by atoms with van der Waals surface area (Å²) >= 11 is 5.56. The highest BCUT2D eigenvalue weighted by Gasteiger charge is 2.00. The van der Waals surface area contributed by atoms with Gasteiger partial charge in [-0.1, -0.05) is 83.5 Å². The molecule has 2 N–H and O–H groups in total. The van der Waals surface area contributed by atoms with Crippen LogP contribution < -0.4 is 0 Å². The third-order valence-electron chi connectivity index (χ3n) is 4.12. The first-order chi connectivity index (χ1) is 10.3. The summed E-state index contributed by atoms with van der Waals surface area (Å²) in [6, 6.07) is 0. The van der Waals surface area contributed by atoms with Gasteiger partial charge in [0.25, 0.3) is 0 Å². The van der Waals surface area contributed by atoms with E-state index in [1.807, 2.05) is 0 Å². The van der Waals surface area contributed by atoms with E-state index in [1.165, 1.54) is 77.0 Å². The van der Waals surface area contributed by atoms with Gasteiger partial charge in [0.2, 0.25) is 0 Å². The number of aliphatic hydroxyl groups excluding tert-OH is 2. The van der Waals surface area contributed by atoms with Gasteiger partial charge in [0.15, 0.2) is 0 Å². The molecule has 0 heterocycles. The van der Waals surface area contributed by atoms with Gasteiger partial charge < -0.3 is 10.2 Å². The van der Waals surface area contributed by atoms with Gasteiger partial charge in [0.05, 0.1) is 6.10 Å². The lowest BCUT2D eigenvalue weighted by Gasteiger charge is -2.06. The standard InChI is InChI=1S/C18H37ClO2/c19-17-18(21)15-13-11-9-7-5-3-1-2-4-6-8-10-12-14-16-20/h18,20-21H,1-17H2. The Balaban J connectivity index is 2.96. The topological polar surface area (TPSA) is 40.5 Å². The Hall–Kier alpha value is 0.210. The minimum Gasteiger partial charge on any atom is -0.396 e. The Morgan fingerprint density at radius 2 is 0.905 bits per heavy atom. The molecule has 128 valence electrons. The molecule has 2 nitrogen and oxygen atoms in total. The predicted octanol–water partition coefficient (Wildman–Crippen LogP) is 5.43. The van der Waals surface area contributed by atoms with Crippen LogP contribution >= 0.6 is 11.6 Å². The molecule has 0 radical (unpaired) electrons. The van der Waals surface area contributed by atoms with E-state index in [1.54, 1.807) is 0 Å². The van der Waals surface area contributed by atoms with E-state index in [0.29, 0.717) is 12.5 Å². The molecular formula is C18H37ClO2. The number of halogens is 1. The molecule has 0 aromatic rings. The van der Waals surface area contributed by atoms with Gasteiger partial charge in [-0.05, 0) is 12.8 Å². The Morgan fingerprint density at radius 3 is 1.24 bits per heavy atom. The Labute approximate surface area is 137 Å². The number of unbranched alkanes of at least 4 members (excludes halogenated alkanes) is 13. The van der Waals surface area contributed by atoms with Gasteiger partial charge in [0.1, 0.15) is 0 Å². The number of hydrogen-bond acceptors (Lipinski definition) is 2. The van der Waals surface area contributed by atoms with Crippen molar-refractivity contribution >= 4 is 11.6 Å². The SMILES string of the molecule is OCCCCCCCCCCCCCCCCC(O)CCl. The van der Waals surface area contributed by atoms with Crippen molar-refractivity contribution in [3.63, 3.8) is 0 Å². The van der Waals surface area contributed by atoms with Crippen molar-refractivity contribution in [1.82, 2.24) is 0 Å². The van der Waals surface area contributed by atoms with Crippen molar-refractivity contribution in [3.05, 3.63) is 0 Å². The van der Waals surface area contributed by atoms with E-state index >= 15 is 0 Å². The summed E-state index contributed by atoms with van der Waals surface area (Å²) in [6.07, 6.45) is 18.7. The Bertz CT molecular complexity index is 188. The first-order valence-corrected chi connectivity index (χ1v) is 9.69. The second kappa shape index (κ2) is 18.3. The maximum absolute atomic E-state index is 9.32. The van der Waals surface area contributed by atoms with Crippen LogP contribution in [0.1, 0.15) is 96.3 Å². The molecule has 0 bridgehead atoms. The molecule has 1 unspecified atom stereocenters. The summed E-state index contributed by atoms with van der Waals surface area (Å²) < 4.78 is 0. The monoisotopic (exact) mass is 320 g/mol. The first-order valence-electron chi connectivity index (χ1n) is 9.16. The van der Waals surface area contributed by atoms with Crippen LogP contribution in [0.5, 0.6) is 0 Å². The van der Waals surface area contributed by atoms with Crippen molar-refractivity contribution in [1.29, 1.82) is 0 Å². The zero-order chi connectivity index (χ0) is 15.6. The quantitative estimate of drug-likeness (QED) is 0.277. The average Bonchev–Trinajstić information content (AvgIpc) is 2.50. The highest BCUT2D eigenvalue weighted by atomic mass is 35.5. The zero-order valence-electron chi connectivity index (χ0n) is 13.9. The molecule has 0 fully saturated rings. The van der Waals surface area contributed by atoms with Crippen LogP contribution in [0, 0.1) is 0 Å². The molecule has 0 aliphatic rings. The molecule has 0 spiro atoms. The fourth-order valence-corrected chi connectivity index (χ4v) is 2.84. The summed E-state index contributed by atoms with van der Waals surface area (Å²) in [5.74, 6) is 0.376. The van der Waals surface area contributed by atoms with Gasteiger partial charge >= 0.3 is 0 Å². The molecule has 0 aromatic heterocycles. The summed E-state index contributed by atoms with van der Waals surface area (Å²) in [7, 11) is 0. The number of rotatable bonds is 17. The summed E-state index contributed by atoms with van der Waals surface area (Å²) in [6.45, 7) is 0.354.